The molecular formula is C16H18N2O6S. The van der Waals surface area contributed by atoms with Gasteiger partial charge in [0, 0.05) is 25.8 Å². The molecule has 0 bridgehead atoms. The number of furan rings is 1. The Morgan fingerprint density at radius 3 is 2.32 bits per heavy atom. The SMILES string of the molecule is Cc1cc(NC(=O)c2cc(S(=O)(=O)N(C)C)c(C)o2)ccc1C(=O)O. The van der Waals surface area contributed by atoms with Crippen LogP contribution in [-0.4, -0.2) is 43.8 Å². The van der Waals surface area contributed by atoms with Crippen molar-refractivity contribution in [2.45, 2.75) is 18.7 Å². The molecule has 8 nitrogen and oxygen atoms in total. The lowest BCUT2D eigenvalue weighted by Gasteiger charge is -2.09. The van der Waals surface area contributed by atoms with Gasteiger partial charge in [-0.3, -0.25) is 4.79 Å². The van der Waals surface area contributed by atoms with Gasteiger partial charge in [-0.25, -0.2) is 17.5 Å². The molecule has 0 atom stereocenters. The Morgan fingerprint density at radius 2 is 1.80 bits per heavy atom. The lowest BCUT2D eigenvalue weighted by molar-refractivity contribution is 0.0696. The number of carbonyl (C=O) groups is 2. The van der Waals surface area contributed by atoms with Gasteiger partial charge >= 0.3 is 5.97 Å². The fraction of sp³-hybridized carbons (Fsp3) is 0.250. The molecular weight excluding hydrogens is 348 g/mol. The average molecular weight is 366 g/mol. The van der Waals surface area contributed by atoms with Gasteiger partial charge in [0.2, 0.25) is 10.0 Å². The predicted octanol–water partition coefficient (Wildman–Crippen LogP) is 2.10. The molecule has 0 aliphatic heterocycles. The molecule has 0 spiro atoms. The number of hydrogen-bond acceptors (Lipinski definition) is 5. The second-order valence-electron chi connectivity index (χ2n) is 5.61. The van der Waals surface area contributed by atoms with Crippen molar-refractivity contribution in [3.05, 3.63) is 46.9 Å². The third-order valence-electron chi connectivity index (χ3n) is 3.57. The summed E-state index contributed by atoms with van der Waals surface area (Å²) in [7, 11) is -0.954. The van der Waals surface area contributed by atoms with E-state index in [1.54, 1.807) is 6.92 Å². The lowest BCUT2D eigenvalue weighted by Crippen LogP contribution is -2.22. The molecule has 0 aliphatic carbocycles. The minimum atomic E-state index is -3.72. The first kappa shape index (κ1) is 18.7. The molecule has 9 heteroatoms. The second-order valence-corrected chi connectivity index (χ2v) is 7.73. The van der Waals surface area contributed by atoms with Crippen LogP contribution in [0.5, 0.6) is 0 Å². The number of aromatic carboxylic acids is 1. The largest absolute Gasteiger partial charge is 0.478 e. The molecule has 1 heterocycles. The summed E-state index contributed by atoms with van der Waals surface area (Å²) in [5, 5.41) is 11.6. The lowest BCUT2D eigenvalue weighted by atomic mass is 10.1. The molecule has 0 unspecified atom stereocenters. The van der Waals surface area contributed by atoms with E-state index in [2.05, 4.69) is 5.32 Å². The fourth-order valence-corrected chi connectivity index (χ4v) is 3.26. The summed E-state index contributed by atoms with van der Waals surface area (Å²) in [6.45, 7) is 3.07. The van der Waals surface area contributed by atoms with Crippen LogP contribution in [0.4, 0.5) is 5.69 Å². The monoisotopic (exact) mass is 366 g/mol. The van der Waals surface area contributed by atoms with Gasteiger partial charge in [-0.2, -0.15) is 0 Å². The van der Waals surface area contributed by atoms with Crippen LogP contribution >= 0.6 is 0 Å². The van der Waals surface area contributed by atoms with E-state index >= 15 is 0 Å². The molecule has 2 aromatic rings. The number of anilines is 1. The summed E-state index contributed by atoms with van der Waals surface area (Å²) in [6, 6.07) is 5.50. The van der Waals surface area contributed by atoms with Crippen molar-refractivity contribution in [1.82, 2.24) is 4.31 Å². The van der Waals surface area contributed by atoms with Crippen molar-refractivity contribution in [3.63, 3.8) is 0 Å². The summed E-state index contributed by atoms with van der Waals surface area (Å²) < 4.78 is 30.6. The van der Waals surface area contributed by atoms with Gasteiger partial charge in [-0.1, -0.05) is 0 Å². The maximum absolute atomic E-state index is 12.3. The number of amides is 1. The van der Waals surface area contributed by atoms with Crippen molar-refractivity contribution < 1.29 is 27.5 Å². The van der Waals surface area contributed by atoms with Crippen molar-refractivity contribution in [2.24, 2.45) is 0 Å². The van der Waals surface area contributed by atoms with Crippen LogP contribution in [0.3, 0.4) is 0 Å². The van der Waals surface area contributed by atoms with Crippen LogP contribution in [0, 0.1) is 13.8 Å². The molecule has 0 radical (unpaired) electrons. The molecule has 134 valence electrons. The first-order valence-electron chi connectivity index (χ1n) is 7.22. The summed E-state index contributed by atoms with van der Waals surface area (Å²) in [5.41, 5.74) is 0.988. The van der Waals surface area contributed by atoms with Crippen LogP contribution in [0.1, 0.15) is 32.2 Å². The predicted molar refractivity (Wildman–Crippen MR) is 90.4 cm³/mol. The molecule has 0 aliphatic rings. The van der Waals surface area contributed by atoms with Gasteiger partial charge in [0.05, 0.1) is 5.56 Å². The molecule has 1 amide bonds. The molecule has 0 fully saturated rings. The van der Waals surface area contributed by atoms with Crippen LogP contribution < -0.4 is 5.32 Å². The van der Waals surface area contributed by atoms with Gasteiger partial charge in [-0.05, 0) is 37.6 Å². The number of rotatable bonds is 5. The number of benzene rings is 1. The van der Waals surface area contributed by atoms with E-state index in [4.69, 9.17) is 9.52 Å². The van der Waals surface area contributed by atoms with E-state index in [9.17, 15) is 18.0 Å². The normalized spacial score (nSPS) is 11.6. The van der Waals surface area contributed by atoms with E-state index in [1.807, 2.05) is 0 Å². The number of aryl methyl sites for hydroxylation is 2. The number of carbonyl (C=O) groups excluding carboxylic acids is 1. The number of nitrogens with one attached hydrogen (secondary N) is 1. The highest BCUT2D eigenvalue weighted by Gasteiger charge is 2.26. The van der Waals surface area contributed by atoms with Crippen LogP contribution in [0.15, 0.2) is 33.6 Å². The number of carboxylic acids is 1. The zero-order valence-corrected chi connectivity index (χ0v) is 15.0. The Morgan fingerprint density at radius 1 is 1.16 bits per heavy atom. The third kappa shape index (κ3) is 3.72. The Bertz CT molecular complexity index is 944. The average Bonchev–Trinajstić information content (AvgIpc) is 2.89. The van der Waals surface area contributed by atoms with Crippen LogP contribution in [0.2, 0.25) is 0 Å². The summed E-state index contributed by atoms with van der Waals surface area (Å²) in [4.78, 5) is 23.2. The first-order valence-corrected chi connectivity index (χ1v) is 8.66. The van der Waals surface area contributed by atoms with Gasteiger partial charge < -0.3 is 14.8 Å². The Labute approximate surface area is 145 Å². The Hall–Kier alpha value is -2.65. The van der Waals surface area contributed by atoms with Crippen molar-refractivity contribution >= 4 is 27.6 Å². The van der Waals surface area contributed by atoms with Crippen LogP contribution in [-0.2, 0) is 10.0 Å². The Kier molecular flexibility index (Phi) is 5.00. The molecule has 1 aromatic carbocycles. The van der Waals surface area contributed by atoms with Crippen molar-refractivity contribution in [3.8, 4) is 0 Å². The van der Waals surface area contributed by atoms with Gasteiger partial charge in [0.25, 0.3) is 5.91 Å². The molecule has 0 saturated heterocycles. The highest BCUT2D eigenvalue weighted by Crippen LogP contribution is 2.23. The number of nitrogens with zero attached hydrogens (tertiary/aromatic N) is 1. The van der Waals surface area contributed by atoms with Crippen molar-refractivity contribution in [2.75, 3.05) is 19.4 Å². The molecule has 2 N–H and O–H groups in total. The quantitative estimate of drug-likeness (QED) is 0.837. The smallest absolute Gasteiger partial charge is 0.335 e. The standard InChI is InChI=1S/C16H18N2O6S/c1-9-7-11(5-6-12(9)16(20)21)17-15(19)13-8-14(10(2)24-13)25(22,23)18(3)4/h5-8H,1-4H3,(H,17,19)(H,20,21). The summed E-state index contributed by atoms with van der Waals surface area (Å²) in [6.07, 6.45) is 0. The summed E-state index contributed by atoms with van der Waals surface area (Å²) in [5.74, 6) is -1.74. The zero-order valence-electron chi connectivity index (χ0n) is 14.2. The second kappa shape index (κ2) is 6.69. The maximum atomic E-state index is 12.3. The van der Waals surface area contributed by atoms with E-state index in [0.717, 1.165) is 4.31 Å². The van der Waals surface area contributed by atoms with E-state index in [0.29, 0.717) is 11.3 Å². The highest BCUT2D eigenvalue weighted by atomic mass is 32.2. The minimum Gasteiger partial charge on any atom is -0.478 e. The maximum Gasteiger partial charge on any atom is 0.335 e. The fourth-order valence-electron chi connectivity index (χ4n) is 2.20. The van der Waals surface area contributed by atoms with Crippen LogP contribution in [0.25, 0.3) is 0 Å². The number of hydrogen-bond donors (Lipinski definition) is 2. The molecule has 2 rings (SSSR count). The highest BCUT2D eigenvalue weighted by molar-refractivity contribution is 7.89. The van der Waals surface area contributed by atoms with Gasteiger partial charge in [0.15, 0.2) is 5.76 Å². The first-order chi connectivity index (χ1) is 11.5. The van der Waals surface area contributed by atoms with E-state index < -0.39 is 21.9 Å². The third-order valence-corrected chi connectivity index (χ3v) is 5.49. The van der Waals surface area contributed by atoms with Gasteiger partial charge in [-0.15, -0.1) is 0 Å². The summed E-state index contributed by atoms with van der Waals surface area (Å²) >= 11 is 0. The Balaban J connectivity index is 2.28. The van der Waals surface area contributed by atoms with Gasteiger partial charge in [0.1, 0.15) is 10.7 Å². The molecule has 25 heavy (non-hydrogen) atoms. The van der Waals surface area contributed by atoms with E-state index in [-0.39, 0.29) is 22.0 Å². The topological polar surface area (TPSA) is 117 Å². The molecule has 0 saturated carbocycles. The minimum absolute atomic E-state index is 0.0833. The number of sulfonamides is 1. The molecule has 1 aromatic heterocycles. The van der Waals surface area contributed by atoms with Crippen molar-refractivity contribution in [1.29, 1.82) is 0 Å². The van der Waals surface area contributed by atoms with E-state index in [1.165, 1.54) is 45.3 Å². The number of carboxylic acid groups (broad SMARTS) is 1. The zero-order chi connectivity index (χ0) is 18.9.